The molecule has 42 heavy (non-hydrogen) atoms. The van der Waals surface area contributed by atoms with Crippen LogP contribution in [0.25, 0.3) is 0 Å². The van der Waals surface area contributed by atoms with Crippen molar-refractivity contribution in [3.8, 4) is 5.75 Å². The Hall–Kier alpha value is -4.18. The first-order chi connectivity index (χ1) is 20.2. The van der Waals surface area contributed by atoms with Crippen LogP contribution >= 0.6 is 11.6 Å². The Labute approximate surface area is 250 Å². The number of sulfonamides is 1. The van der Waals surface area contributed by atoms with Gasteiger partial charge in [0.15, 0.2) is 6.10 Å². The van der Waals surface area contributed by atoms with Gasteiger partial charge >= 0.3 is 0 Å². The zero-order chi connectivity index (χ0) is 29.7. The number of ether oxygens (including phenoxy) is 1. The van der Waals surface area contributed by atoms with E-state index < -0.39 is 28.6 Å². The standard InChI is InChI=1S/C32H30ClN3O5S/c1-23-14-16-27(17-15-23)42(39,40)35(20-25-10-7-11-26(33)18-25)22-31(37)36-21-30(41-29-13-6-5-12-28(29)36)32(38)34-19-24-8-3-2-4-9-24/h2-18,30H,19-22H2,1H3,(H,34,38)/t30-/m0/s1. The first-order valence-corrected chi connectivity index (χ1v) is 15.2. The lowest BCUT2D eigenvalue weighted by Crippen LogP contribution is -2.52. The maximum atomic E-state index is 13.9. The summed E-state index contributed by atoms with van der Waals surface area (Å²) in [6.45, 7) is 1.56. The van der Waals surface area contributed by atoms with Gasteiger partial charge in [0.2, 0.25) is 15.9 Å². The van der Waals surface area contributed by atoms with Gasteiger partial charge in [-0.15, -0.1) is 0 Å². The molecule has 0 saturated heterocycles. The summed E-state index contributed by atoms with van der Waals surface area (Å²) in [5.74, 6) is -0.515. The maximum absolute atomic E-state index is 13.9. The van der Waals surface area contributed by atoms with E-state index >= 15 is 0 Å². The van der Waals surface area contributed by atoms with Crippen molar-refractivity contribution < 1.29 is 22.7 Å². The van der Waals surface area contributed by atoms with E-state index in [1.807, 2.05) is 37.3 Å². The summed E-state index contributed by atoms with van der Waals surface area (Å²) < 4.78 is 34.8. The zero-order valence-electron chi connectivity index (χ0n) is 22.9. The van der Waals surface area contributed by atoms with Gasteiger partial charge in [-0.1, -0.05) is 83.9 Å². The molecule has 1 heterocycles. The molecule has 0 unspecified atom stereocenters. The third-order valence-electron chi connectivity index (χ3n) is 6.90. The Morgan fingerprint density at radius 3 is 2.36 bits per heavy atom. The van der Waals surface area contributed by atoms with Crippen molar-refractivity contribution in [1.82, 2.24) is 9.62 Å². The average Bonchev–Trinajstić information content (AvgIpc) is 2.99. The molecule has 0 spiro atoms. The number of hydrogen-bond acceptors (Lipinski definition) is 5. The van der Waals surface area contributed by atoms with Gasteiger partial charge in [0.05, 0.1) is 23.7 Å². The van der Waals surface area contributed by atoms with Gasteiger partial charge in [-0.05, 0) is 54.4 Å². The third kappa shape index (κ3) is 6.82. The van der Waals surface area contributed by atoms with Crippen LogP contribution in [0.15, 0.2) is 108 Å². The number of benzene rings is 4. The average molecular weight is 604 g/mol. The minimum absolute atomic E-state index is 0.0727. The van der Waals surface area contributed by atoms with Crippen molar-refractivity contribution in [3.05, 3.63) is 125 Å². The SMILES string of the molecule is Cc1ccc(S(=O)(=O)N(CC(=O)N2C[C@@H](C(=O)NCc3ccccc3)Oc3ccccc32)Cc2cccc(Cl)c2)cc1. The van der Waals surface area contributed by atoms with E-state index in [0.717, 1.165) is 15.4 Å². The largest absolute Gasteiger partial charge is 0.477 e. The maximum Gasteiger partial charge on any atom is 0.263 e. The van der Waals surface area contributed by atoms with Gasteiger partial charge in [0.25, 0.3) is 5.91 Å². The predicted octanol–water partition coefficient (Wildman–Crippen LogP) is 4.95. The van der Waals surface area contributed by atoms with Gasteiger partial charge in [-0.3, -0.25) is 9.59 Å². The van der Waals surface area contributed by atoms with Crippen molar-refractivity contribution in [2.45, 2.75) is 31.0 Å². The summed E-state index contributed by atoms with van der Waals surface area (Å²) in [7, 11) is -4.08. The van der Waals surface area contributed by atoms with E-state index in [2.05, 4.69) is 5.32 Å². The molecule has 0 bridgehead atoms. The molecule has 4 aromatic carbocycles. The fraction of sp³-hybridized carbons (Fsp3) is 0.188. The number of nitrogens with zero attached hydrogens (tertiary/aromatic N) is 2. The number of rotatable bonds is 9. The lowest BCUT2D eigenvalue weighted by Gasteiger charge is -2.35. The highest BCUT2D eigenvalue weighted by Crippen LogP contribution is 2.34. The van der Waals surface area contributed by atoms with Crippen LogP contribution in [0.1, 0.15) is 16.7 Å². The van der Waals surface area contributed by atoms with E-state index in [0.29, 0.717) is 28.6 Å². The van der Waals surface area contributed by atoms with Crippen LogP contribution in [0.2, 0.25) is 5.02 Å². The number of carbonyl (C=O) groups excluding carboxylic acids is 2. The summed E-state index contributed by atoms with van der Waals surface area (Å²) in [6, 6.07) is 29.7. The van der Waals surface area contributed by atoms with Crippen LogP contribution in [0, 0.1) is 6.92 Å². The van der Waals surface area contributed by atoms with Crippen LogP contribution in [-0.2, 0) is 32.7 Å². The second-order valence-electron chi connectivity index (χ2n) is 10.00. The summed E-state index contributed by atoms with van der Waals surface area (Å²) >= 11 is 6.18. The molecule has 5 rings (SSSR count). The molecule has 0 aromatic heterocycles. The quantitative estimate of drug-likeness (QED) is 0.292. The molecule has 0 radical (unpaired) electrons. The Kier molecular flexibility index (Phi) is 8.91. The molecular weight excluding hydrogens is 574 g/mol. The molecule has 1 atom stereocenters. The van der Waals surface area contributed by atoms with Gasteiger partial charge in [-0.25, -0.2) is 8.42 Å². The predicted molar refractivity (Wildman–Crippen MR) is 162 cm³/mol. The number of anilines is 1. The Morgan fingerprint density at radius 2 is 1.62 bits per heavy atom. The number of para-hydroxylation sites is 2. The number of aryl methyl sites for hydroxylation is 1. The molecule has 8 nitrogen and oxygen atoms in total. The first-order valence-electron chi connectivity index (χ1n) is 13.4. The van der Waals surface area contributed by atoms with Crippen molar-refractivity contribution in [2.24, 2.45) is 0 Å². The first kappa shape index (κ1) is 29.3. The molecule has 0 aliphatic carbocycles. The van der Waals surface area contributed by atoms with E-state index in [9.17, 15) is 18.0 Å². The summed E-state index contributed by atoms with van der Waals surface area (Å²) in [6.07, 6.45) is -0.984. The Morgan fingerprint density at radius 1 is 0.929 bits per heavy atom. The highest BCUT2D eigenvalue weighted by atomic mass is 35.5. The number of carbonyl (C=O) groups is 2. The summed E-state index contributed by atoms with van der Waals surface area (Å²) in [5, 5.41) is 3.32. The van der Waals surface area contributed by atoms with E-state index in [4.69, 9.17) is 16.3 Å². The second-order valence-corrected chi connectivity index (χ2v) is 12.4. The molecule has 1 N–H and O–H groups in total. The topological polar surface area (TPSA) is 96.0 Å². The van der Waals surface area contributed by atoms with Crippen molar-refractivity contribution >= 4 is 39.1 Å². The van der Waals surface area contributed by atoms with Crippen molar-refractivity contribution in [3.63, 3.8) is 0 Å². The summed E-state index contributed by atoms with van der Waals surface area (Å²) in [5.41, 5.74) is 2.93. The van der Waals surface area contributed by atoms with Crippen LogP contribution < -0.4 is 15.0 Å². The van der Waals surface area contributed by atoms with Crippen LogP contribution in [0.5, 0.6) is 5.75 Å². The van der Waals surface area contributed by atoms with Gasteiger partial charge in [0, 0.05) is 18.1 Å². The summed E-state index contributed by atoms with van der Waals surface area (Å²) in [4.78, 5) is 28.5. The third-order valence-corrected chi connectivity index (χ3v) is 8.94. The molecule has 1 aliphatic rings. The Bertz CT molecular complexity index is 1680. The zero-order valence-corrected chi connectivity index (χ0v) is 24.5. The second kappa shape index (κ2) is 12.8. The van der Waals surface area contributed by atoms with Crippen LogP contribution in [-0.4, -0.2) is 43.7 Å². The highest BCUT2D eigenvalue weighted by molar-refractivity contribution is 7.89. The molecule has 4 aromatic rings. The van der Waals surface area contributed by atoms with Gasteiger partial charge in [0.1, 0.15) is 5.75 Å². The molecule has 1 aliphatic heterocycles. The fourth-order valence-electron chi connectivity index (χ4n) is 4.67. The minimum atomic E-state index is -4.08. The molecule has 2 amide bonds. The Balaban J connectivity index is 1.41. The molecule has 0 fully saturated rings. The monoisotopic (exact) mass is 603 g/mol. The number of fused-ring (bicyclic) bond motifs is 1. The minimum Gasteiger partial charge on any atom is -0.477 e. The number of nitrogens with one attached hydrogen (secondary N) is 1. The van der Waals surface area contributed by atoms with Crippen molar-refractivity contribution in [1.29, 1.82) is 0 Å². The highest BCUT2D eigenvalue weighted by Gasteiger charge is 2.36. The number of amides is 2. The normalized spacial score (nSPS) is 14.6. The van der Waals surface area contributed by atoms with E-state index in [-0.39, 0.29) is 23.9 Å². The molecular formula is C32H30ClN3O5S. The van der Waals surface area contributed by atoms with Crippen molar-refractivity contribution in [2.75, 3.05) is 18.0 Å². The van der Waals surface area contributed by atoms with E-state index in [1.54, 1.807) is 60.7 Å². The molecule has 10 heteroatoms. The van der Waals surface area contributed by atoms with Crippen LogP contribution in [0.3, 0.4) is 0 Å². The van der Waals surface area contributed by atoms with Crippen LogP contribution in [0.4, 0.5) is 5.69 Å². The molecule has 0 saturated carbocycles. The number of halogens is 1. The number of hydrogen-bond donors (Lipinski definition) is 1. The lowest BCUT2D eigenvalue weighted by molar-refractivity contribution is -0.128. The van der Waals surface area contributed by atoms with Gasteiger partial charge < -0.3 is 15.0 Å². The fourth-order valence-corrected chi connectivity index (χ4v) is 6.26. The lowest BCUT2D eigenvalue weighted by atomic mass is 10.1. The van der Waals surface area contributed by atoms with Gasteiger partial charge in [-0.2, -0.15) is 4.31 Å². The smallest absolute Gasteiger partial charge is 0.263 e. The van der Waals surface area contributed by atoms with E-state index in [1.165, 1.54) is 17.0 Å². The molecule has 216 valence electrons.